The molecule has 0 aromatic carbocycles. The molecular weight excluding hydrogens is 216 g/mol. The number of rotatable bonds is 7. The molecule has 0 aliphatic heterocycles. The highest BCUT2D eigenvalue weighted by molar-refractivity contribution is 5.92. The van der Waals surface area contributed by atoms with Crippen LogP contribution in [0.3, 0.4) is 0 Å². The number of hydrogen-bond acceptors (Lipinski definition) is 3. The third-order valence-electron chi connectivity index (χ3n) is 2.80. The maximum Gasteiger partial charge on any atom is 0.226 e. The minimum Gasteiger partial charge on any atom is -0.330 e. The van der Waals surface area contributed by atoms with Gasteiger partial charge in [-0.3, -0.25) is 9.48 Å². The van der Waals surface area contributed by atoms with Gasteiger partial charge < -0.3 is 10.6 Å². The summed E-state index contributed by atoms with van der Waals surface area (Å²) in [5, 5.41) is 4.05. The van der Waals surface area contributed by atoms with E-state index in [1.54, 1.807) is 22.8 Å². The quantitative estimate of drug-likeness (QED) is 0.728. The standard InChI is InChI=1S/C12H22N4O/c1-15-10-11(9-14-15)16(2)12(17)7-5-3-4-6-8-13/h9-10H,3-8,13H2,1-2H3. The first kappa shape index (κ1) is 13.7. The first-order chi connectivity index (χ1) is 8.15. The third-order valence-corrected chi connectivity index (χ3v) is 2.80. The summed E-state index contributed by atoms with van der Waals surface area (Å²) in [7, 11) is 3.63. The number of carbonyl (C=O) groups is 1. The van der Waals surface area contributed by atoms with E-state index in [1.807, 2.05) is 13.2 Å². The van der Waals surface area contributed by atoms with Crippen molar-refractivity contribution in [2.45, 2.75) is 32.1 Å². The fraction of sp³-hybridized carbons (Fsp3) is 0.667. The Morgan fingerprint density at radius 2 is 2.12 bits per heavy atom. The van der Waals surface area contributed by atoms with Crippen LogP contribution in [0.1, 0.15) is 32.1 Å². The third kappa shape index (κ3) is 4.56. The van der Waals surface area contributed by atoms with Gasteiger partial charge in [-0.05, 0) is 19.4 Å². The van der Waals surface area contributed by atoms with Gasteiger partial charge in [0.25, 0.3) is 0 Å². The highest BCUT2D eigenvalue weighted by atomic mass is 16.2. The fourth-order valence-corrected chi connectivity index (χ4v) is 1.67. The van der Waals surface area contributed by atoms with Gasteiger partial charge >= 0.3 is 0 Å². The summed E-state index contributed by atoms with van der Waals surface area (Å²) in [6.45, 7) is 0.740. The lowest BCUT2D eigenvalue weighted by atomic mass is 10.1. The van der Waals surface area contributed by atoms with Crippen LogP contribution in [0.4, 0.5) is 5.69 Å². The van der Waals surface area contributed by atoms with Gasteiger partial charge in [-0.1, -0.05) is 12.8 Å². The van der Waals surface area contributed by atoms with E-state index < -0.39 is 0 Å². The molecule has 0 bridgehead atoms. The molecule has 1 aromatic rings. The number of anilines is 1. The Hall–Kier alpha value is -1.36. The SMILES string of the molecule is CN(C(=O)CCCCCCN)c1cnn(C)c1. The molecule has 1 heterocycles. The largest absolute Gasteiger partial charge is 0.330 e. The van der Waals surface area contributed by atoms with E-state index in [-0.39, 0.29) is 5.91 Å². The van der Waals surface area contributed by atoms with E-state index in [9.17, 15) is 4.79 Å². The number of amides is 1. The Kier molecular flexibility index (Phi) is 5.69. The van der Waals surface area contributed by atoms with E-state index in [1.165, 1.54) is 0 Å². The number of unbranched alkanes of at least 4 members (excludes halogenated alkanes) is 3. The number of aryl methyl sites for hydroxylation is 1. The lowest BCUT2D eigenvalue weighted by Gasteiger charge is -2.14. The maximum atomic E-state index is 11.8. The van der Waals surface area contributed by atoms with Gasteiger partial charge in [0.2, 0.25) is 5.91 Å². The number of aromatic nitrogens is 2. The van der Waals surface area contributed by atoms with Crippen LogP contribution in [0, 0.1) is 0 Å². The molecule has 0 atom stereocenters. The lowest BCUT2D eigenvalue weighted by molar-refractivity contribution is -0.118. The molecule has 0 unspecified atom stereocenters. The molecule has 2 N–H and O–H groups in total. The van der Waals surface area contributed by atoms with Crippen LogP contribution in [-0.4, -0.2) is 29.3 Å². The second-order valence-corrected chi connectivity index (χ2v) is 4.28. The molecular formula is C12H22N4O. The van der Waals surface area contributed by atoms with Crippen molar-refractivity contribution in [2.24, 2.45) is 12.8 Å². The minimum absolute atomic E-state index is 0.144. The van der Waals surface area contributed by atoms with E-state index in [2.05, 4.69) is 5.10 Å². The first-order valence-electron chi connectivity index (χ1n) is 6.10. The maximum absolute atomic E-state index is 11.8. The van der Waals surface area contributed by atoms with E-state index in [4.69, 9.17) is 5.73 Å². The zero-order chi connectivity index (χ0) is 12.7. The molecule has 5 nitrogen and oxygen atoms in total. The Morgan fingerprint density at radius 1 is 1.41 bits per heavy atom. The van der Waals surface area contributed by atoms with Crippen LogP contribution < -0.4 is 10.6 Å². The topological polar surface area (TPSA) is 64.2 Å². The zero-order valence-corrected chi connectivity index (χ0v) is 10.7. The van der Waals surface area contributed by atoms with Crippen LogP contribution in [0.2, 0.25) is 0 Å². The molecule has 5 heteroatoms. The van der Waals surface area contributed by atoms with Gasteiger partial charge in [0, 0.05) is 26.7 Å². The molecule has 1 aromatic heterocycles. The lowest BCUT2D eigenvalue weighted by Crippen LogP contribution is -2.25. The van der Waals surface area contributed by atoms with Gasteiger partial charge in [-0.15, -0.1) is 0 Å². The summed E-state index contributed by atoms with van der Waals surface area (Å²) >= 11 is 0. The summed E-state index contributed by atoms with van der Waals surface area (Å²) in [6, 6.07) is 0. The van der Waals surface area contributed by atoms with Crippen LogP contribution in [0.15, 0.2) is 12.4 Å². The van der Waals surface area contributed by atoms with Crippen LogP contribution in [-0.2, 0) is 11.8 Å². The number of hydrogen-bond donors (Lipinski definition) is 1. The summed E-state index contributed by atoms with van der Waals surface area (Å²) in [5.41, 5.74) is 6.26. The van der Waals surface area contributed by atoms with Crippen molar-refractivity contribution in [2.75, 3.05) is 18.5 Å². The zero-order valence-electron chi connectivity index (χ0n) is 10.7. The van der Waals surface area contributed by atoms with Gasteiger partial charge in [0.05, 0.1) is 11.9 Å². The Bertz CT molecular complexity index is 348. The van der Waals surface area contributed by atoms with Gasteiger partial charge in [0.15, 0.2) is 0 Å². The fourth-order valence-electron chi connectivity index (χ4n) is 1.67. The highest BCUT2D eigenvalue weighted by Crippen LogP contribution is 2.12. The Balaban J connectivity index is 2.28. The van der Waals surface area contributed by atoms with Crippen molar-refractivity contribution in [1.29, 1.82) is 0 Å². The smallest absolute Gasteiger partial charge is 0.226 e. The predicted molar refractivity (Wildman–Crippen MR) is 68.8 cm³/mol. The summed E-state index contributed by atoms with van der Waals surface area (Å²) < 4.78 is 1.69. The number of nitrogens with zero attached hydrogens (tertiary/aromatic N) is 3. The molecule has 0 spiro atoms. The van der Waals surface area contributed by atoms with E-state index in [0.717, 1.165) is 37.9 Å². The summed E-state index contributed by atoms with van der Waals surface area (Å²) in [4.78, 5) is 13.5. The Morgan fingerprint density at radius 3 is 2.71 bits per heavy atom. The van der Waals surface area contributed by atoms with Gasteiger partial charge in [0.1, 0.15) is 0 Å². The number of carbonyl (C=O) groups excluding carboxylic acids is 1. The van der Waals surface area contributed by atoms with Crippen molar-refractivity contribution in [3.63, 3.8) is 0 Å². The molecule has 17 heavy (non-hydrogen) atoms. The second-order valence-electron chi connectivity index (χ2n) is 4.28. The van der Waals surface area contributed by atoms with Crippen molar-refractivity contribution >= 4 is 11.6 Å². The van der Waals surface area contributed by atoms with Crippen molar-refractivity contribution in [1.82, 2.24) is 9.78 Å². The first-order valence-corrected chi connectivity index (χ1v) is 6.10. The van der Waals surface area contributed by atoms with E-state index >= 15 is 0 Å². The molecule has 0 saturated carbocycles. The van der Waals surface area contributed by atoms with E-state index in [0.29, 0.717) is 6.42 Å². The molecule has 1 amide bonds. The van der Waals surface area contributed by atoms with Crippen molar-refractivity contribution < 1.29 is 4.79 Å². The molecule has 0 fully saturated rings. The minimum atomic E-state index is 0.144. The van der Waals surface area contributed by atoms with Crippen molar-refractivity contribution in [3.05, 3.63) is 12.4 Å². The average molecular weight is 238 g/mol. The average Bonchev–Trinajstić information content (AvgIpc) is 2.74. The van der Waals surface area contributed by atoms with Crippen LogP contribution in [0.25, 0.3) is 0 Å². The molecule has 0 saturated heterocycles. The van der Waals surface area contributed by atoms with Gasteiger partial charge in [-0.25, -0.2) is 0 Å². The monoisotopic (exact) mass is 238 g/mol. The van der Waals surface area contributed by atoms with Gasteiger partial charge in [-0.2, -0.15) is 5.10 Å². The Labute approximate surface area is 103 Å². The number of nitrogens with two attached hydrogens (primary N) is 1. The second kappa shape index (κ2) is 7.06. The summed E-state index contributed by atoms with van der Waals surface area (Å²) in [6.07, 6.45) is 8.30. The molecule has 96 valence electrons. The summed E-state index contributed by atoms with van der Waals surface area (Å²) in [5.74, 6) is 0.144. The van der Waals surface area contributed by atoms with Crippen molar-refractivity contribution in [3.8, 4) is 0 Å². The molecule has 0 radical (unpaired) electrons. The predicted octanol–water partition coefficient (Wildman–Crippen LogP) is 1.29. The molecule has 0 aliphatic carbocycles. The normalized spacial score (nSPS) is 10.5. The van der Waals surface area contributed by atoms with Crippen LogP contribution in [0.5, 0.6) is 0 Å². The highest BCUT2D eigenvalue weighted by Gasteiger charge is 2.11. The molecule has 0 aliphatic rings. The molecule has 1 rings (SSSR count). The van der Waals surface area contributed by atoms with Crippen LogP contribution >= 0.6 is 0 Å².